The van der Waals surface area contributed by atoms with E-state index in [1.807, 2.05) is 14.1 Å². The van der Waals surface area contributed by atoms with Gasteiger partial charge < -0.3 is 15.5 Å². The highest BCUT2D eigenvalue weighted by molar-refractivity contribution is 5.79. The van der Waals surface area contributed by atoms with Gasteiger partial charge in [0.25, 0.3) is 0 Å². The molecule has 1 saturated heterocycles. The summed E-state index contributed by atoms with van der Waals surface area (Å²) < 4.78 is 0. The second-order valence-corrected chi connectivity index (χ2v) is 5.39. The Labute approximate surface area is 115 Å². The van der Waals surface area contributed by atoms with Crippen molar-refractivity contribution in [2.45, 2.75) is 19.4 Å². The van der Waals surface area contributed by atoms with Crippen molar-refractivity contribution >= 4 is 11.6 Å². The van der Waals surface area contributed by atoms with Crippen LogP contribution in [0.1, 0.15) is 18.4 Å². The number of nitrogens with two attached hydrogens (primary N) is 1. The van der Waals surface area contributed by atoms with Gasteiger partial charge in [-0.25, -0.2) is 0 Å². The fourth-order valence-electron chi connectivity index (χ4n) is 2.62. The third-order valence-corrected chi connectivity index (χ3v) is 3.75. The van der Waals surface area contributed by atoms with Gasteiger partial charge in [0.15, 0.2) is 0 Å². The molecule has 0 saturated carbocycles. The standard InChI is InChI=1S/C15H23N3O/c1-17(2)15(19)13-4-3-9-18(11-13)14-7-5-12(10-16)6-8-14/h5-8,13H,3-4,9-11,16H2,1-2H3. The molecule has 1 aromatic carbocycles. The minimum Gasteiger partial charge on any atom is -0.371 e. The first-order valence-electron chi connectivity index (χ1n) is 6.87. The summed E-state index contributed by atoms with van der Waals surface area (Å²) in [5.41, 5.74) is 7.94. The SMILES string of the molecule is CN(C)C(=O)C1CCCN(c2ccc(CN)cc2)C1. The summed E-state index contributed by atoms with van der Waals surface area (Å²) in [5, 5.41) is 0. The molecule has 1 aliphatic heterocycles. The van der Waals surface area contributed by atoms with E-state index < -0.39 is 0 Å². The Kier molecular flexibility index (Phi) is 4.43. The van der Waals surface area contributed by atoms with Crippen LogP contribution in [0.5, 0.6) is 0 Å². The minimum absolute atomic E-state index is 0.123. The van der Waals surface area contributed by atoms with Gasteiger partial charge in [0.05, 0.1) is 5.92 Å². The van der Waals surface area contributed by atoms with Crippen LogP contribution in [0.3, 0.4) is 0 Å². The number of amides is 1. The number of carbonyl (C=O) groups is 1. The predicted octanol–water partition coefficient (Wildman–Crippen LogP) is 1.45. The van der Waals surface area contributed by atoms with Gasteiger partial charge in [-0.1, -0.05) is 12.1 Å². The average molecular weight is 261 g/mol. The molecule has 104 valence electrons. The van der Waals surface area contributed by atoms with Crippen LogP contribution in [-0.4, -0.2) is 38.0 Å². The first kappa shape index (κ1) is 13.9. The van der Waals surface area contributed by atoms with Crippen molar-refractivity contribution in [2.75, 3.05) is 32.1 Å². The van der Waals surface area contributed by atoms with Crippen LogP contribution in [0.2, 0.25) is 0 Å². The fourth-order valence-corrected chi connectivity index (χ4v) is 2.62. The van der Waals surface area contributed by atoms with E-state index in [9.17, 15) is 4.79 Å². The summed E-state index contributed by atoms with van der Waals surface area (Å²) in [6.07, 6.45) is 2.07. The molecule has 4 heteroatoms. The molecule has 1 aliphatic rings. The molecule has 1 aromatic rings. The van der Waals surface area contributed by atoms with E-state index >= 15 is 0 Å². The molecule has 1 fully saturated rings. The lowest BCUT2D eigenvalue weighted by Crippen LogP contribution is -2.42. The quantitative estimate of drug-likeness (QED) is 0.896. The maximum Gasteiger partial charge on any atom is 0.226 e. The second kappa shape index (κ2) is 6.06. The number of piperidine rings is 1. The number of carbonyl (C=O) groups excluding carboxylic acids is 1. The highest BCUT2D eigenvalue weighted by atomic mass is 16.2. The van der Waals surface area contributed by atoms with Crippen molar-refractivity contribution in [2.24, 2.45) is 11.7 Å². The summed E-state index contributed by atoms with van der Waals surface area (Å²) in [4.78, 5) is 16.1. The zero-order valence-corrected chi connectivity index (χ0v) is 11.8. The largest absolute Gasteiger partial charge is 0.371 e. The van der Waals surface area contributed by atoms with Crippen LogP contribution in [-0.2, 0) is 11.3 Å². The summed E-state index contributed by atoms with van der Waals surface area (Å²) >= 11 is 0. The summed E-state index contributed by atoms with van der Waals surface area (Å²) in [6, 6.07) is 8.33. The lowest BCUT2D eigenvalue weighted by atomic mass is 9.96. The van der Waals surface area contributed by atoms with Crippen LogP contribution in [0.4, 0.5) is 5.69 Å². The van der Waals surface area contributed by atoms with E-state index in [4.69, 9.17) is 5.73 Å². The molecule has 1 heterocycles. The van der Waals surface area contributed by atoms with E-state index in [2.05, 4.69) is 29.2 Å². The van der Waals surface area contributed by atoms with Crippen LogP contribution in [0.25, 0.3) is 0 Å². The summed E-state index contributed by atoms with van der Waals surface area (Å²) in [5.74, 6) is 0.362. The van der Waals surface area contributed by atoms with E-state index in [-0.39, 0.29) is 11.8 Å². The van der Waals surface area contributed by atoms with E-state index in [1.54, 1.807) is 4.90 Å². The van der Waals surface area contributed by atoms with E-state index in [0.29, 0.717) is 6.54 Å². The third kappa shape index (κ3) is 3.26. The number of anilines is 1. The zero-order valence-electron chi connectivity index (χ0n) is 11.8. The molecule has 0 spiro atoms. The van der Waals surface area contributed by atoms with E-state index in [1.165, 1.54) is 5.69 Å². The van der Waals surface area contributed by atoms with Crippen LogP contribution >= 0.6 is 0 Å². The average Bonchev–Trinajstić information content (AvgIpc) is 2.46. The van der Waals surface area contributed by atoms with Gasteiger partial charge in [-0.2, -0.15) is 0 Å². The van der Waals surface area contributed by atoms with Crippen molar-refractivity contribution in [3.8, 4) is 0 Å². The van der Waals surface area contributed by atoms with Crippen molar-refractivity contribution in [3.63, 3.8) is 0 Å². The molecule has 0 radical (unpaired) electrons. The summed E-state index contributed by atoms with van der Waals surface area (Å²) in [7, 11) is 3.66. The molecule has 0 aliphatic carbocycles. The van der Waals surface area contributed by atoms with Gasteiger partial charge in [0.1, 0.15) is 0 Å². The number of hydrogen-bond acceptors (Lipinski definition) is 3. The molecule has 2 rings (SSSR count). The number of nitrogens with zero attached hydrogens (tertiary/aromatic N) is 2. The van der Waals surface area contributed by atoms with Gasteiger partial charge in [0, 0.05) is 39.4 Å². The second-order valence-electron chi connectivity index (χ2n) is 5.39. The molecule has 1 amide bonds. The van der Waals surface area contributed by atoms with Crippen molar-refractivity contribution in [3.05, 3.63) is 29.8 Å². The number of benzene rings is 1. The maximum absolute atomic E-state index is 12.1. The van der Waals surface area contributed by atoms with Crippen LogP contribution in [0, 0.1) is 5.92 Å². The fraction of sp³-hybridized carbons (Fsp3) is 0.533. The van der Waals surface area contributed by atoms with Crippen molar-refractivity contribution < 1.29 is 4.79 Å². The number of rotatable bonds is 3. The summed E-state index contributed by atoms with van der Waals surface area (Å²) in [6.45, 7) is 2.42. The molecule has 0 aromatic heterocycles. The van der Waals surface area contributed by atoms with Crippen LogP contribution in [0.15, 0.2) is 24.3 Å². The maximum atomic E-state index is 12.1. The third-order valence-electron chi connectivity index (χ3n) is 3.75. The Hall–Kier alpha value is -1.55. The molecule has 4 nitrogen and oxygen atoms in total. The van der Waals surface area contributed by atoms with Gasteiger partial charge in [0.2, 0.25) is 5.91 Å². The molecule has 0 bridgehead atoms. The number of hydrogen-bond donors (Lipinski definition) is 1. The highest BCUT2D eigenvalue weighted by Crippen LogP contribution is 2.24. The Bertz CT molecular complexity index is 428. The van der Waals surface area contributed by atoms with E-state index in [0.717, 1.165) is 31.5 Å². The van der Waals surface area contributed by atoms with Gasteiger partial charge >= 0.3 is 0 Å². The molecule has 1 unspecified atom stereocenters. The van der Waals surface area contributed by atoms with Crippen molar-refractivity contribution in [1.29, 1.82) is 0 Å². The lowest BCUT2D eigenvalue weighted by molar-refractivity contribution is -0.133. The Morgan fingerprint density at radius 2 is 2.05 bits per heavy atom. The topological polar surface area (TPSA) is 49.6 Å². The first-order valence-corrected chi connectivity index (χ1v) is 6.87. The van der Waals surface area contributed by atoms with Gasteiger partial charge in [-0.15, -0.1) is 0 Å². The van der Waals surface area contributed by atoms with Gasteiger partial charge in [-0.3, -0.25) is 4.79 Å². The minimum atomic E-state index is 0.123. The lowest BCUT2D eigenvalue weighted by Gasteiger charge is -2.34. The predicted molar refractivity (Wildman–Crippen MR) is 78.0 cm³/mol. The Balaban J connectivity index is 2.05. The highest BCUT2D eigenvalue weighted by Gasteiger charge is 2.26. The van der Waals surface area contributed by atoms with Crippen molar-refractivity contribution in [1.82, 2.24) is 4.90 Å². The monoisotopic (exact) mass is 261 g/mol. The molecular weight excluding hydrogens is 238 g/mol. The smallest absolute Gasteiger partial charge is 0.226 e. The van der Waals surface area contributed by atoms with Gasteiger partial charge in [-0.05, 0) is 30.5 Å². The normalized spacial score (nSPS) is 19.3. The first-order chi connectivity index (χ1) is 9.11. The Morgan fingerprint density at radius 3 is 2.63 bits per heavy atom. The molecular formula is C15H23N3O. The zero-order chi connectivity index (χ0) is 13.8. The molecule has 1 atom stereocenters. The molecule has 19 heavy (non-hydrogen) atoms. The van der Waals surface area contributed by atoms with Crippen LogP contribution < -0.4 is 10.6 Å². The Morgan fingerprint density at radius 1 is 1.37 bits per heavy atom. The molecule has 2 N–H and O–H groups in total.